The topological polar surface area (TPSA) is 82.3 Å². The van der Waals surface area contributed by atoms with Crippen LogP contribution in [0.4, 0.5) is 0 Å². The van der Waals surface area contributed by atoms with Crippen molar-refractivity contribution in [1.82, 2.24) is 21.5 Å². The molecule has 1 aromatic carbocycles. The van der Waals surface area contributed by atoms with Gasteiger partial charge in [-0.25, -0.2) is 10.9 Å². The van der Waals surface area contributed by atoms with Crippen LogP contribution in [0.15, 0.2) is 28.7 Å². The van der Waals surface area contributed by atoms with E-state index < -0.39 is 0 Å². The average Bonchev–Trinajstić information content (AvgIpc) is 3.27. The second kappa shape index (κ2) is 8.78. The number of halogens is 1. The van der Waals surface area contributed by atoms with Crippen LogP contribution in [0, 0.1) is 0 Å². The fourth-order valence-corrected chi connectivity index (χ4v) is 3.70. The van der Waals surface area contributed by atoms with Crippen LogP contribution in [0.3, 0.4) is 0 Å². The zero-order valence-corrected chi connectivity index (χ0v) is 15.8. The number of carbonyl (C=O) groups excluding carboxylic acids is 2. The van der Waals surface area contributed by atoms with Crippen LogP contribution >= 0.6 is 15.9 Å². The summed E-state index contributed by atoms with van der Waals surface area (Å²) >= 11 is 3.42. The maximum absolute atomic E-state index is 12.2. The molecule has 25 heavy (non-hydrogen) atoms. The van der Waals surface area contributed by atoms with Gasteiger partial charge >= 0.3 is 0 Å². The summed E-state index contributed by atoms with van der Waals surface area (Å²) in [6.45, 7) is 0.374. The molecule has 1 aliphatic heterocycles. The maximum Gasteiger partial charge on any atom is 0.238 e. The summed E-state index contributed by atoms with van der Waals surface area (Å²) in [7, 11) is 0. The summed E-state index contributed by atoms with van der Waals surface area (Å²) < 4.78 is 1.03. The van der Waals surface area contributed by atoms with Crippen molar-refractivity contribution in [2.24, 2.45) is 0 Å². The molecule has 1 saturated carbocycles. The Balaban J connectivity index is 1.37. The van der Waals surface area contributed by atoms with E-state index >= 15 is 0 Å². The van der Waals surface area contributed by atoms with Crippen LogP contribution in [0.1, 0.15) is 50.1 Å². The van der Waals surface area contributed by atoms with Gasteiger partial charge in [-0.2, -0.15) is 0 Å². The minimum absolute atomic E-state index is 0.0254. The Labute approximate surface area is 156 Å². The van der Waals surface area contributed by atoms with Gasteiger partial charge in [0.1, 0.15) is 6.04 Å². The highest BCUT2D eigenvalue weighted by Gasteiger charge is 2.30. The normalized spacial score (nSPS) is 23.6. The fraction of sp³-hybridized carbons (Fsp3) is 0.556. The first kappa shape index (κ1) is 18.4. The van der Waals surface area contributed by atoms with E-state index in [9.17, 15) is 9.59 Å². The molecule has 2 fully saturated rings. The largest absolute Gasteiger partial charge is 0.354 e. The molecule has 1 aromatic rings. The van der Waals surface area contributed by atoms with Crippen LogP contribution in [-0.2, 0) is 9.59 Å². The minimum atomic E-state index is -0.286. The first-order chi connectivity index (χ1) is 12.1. The van der Waals surface area contributed by atoms with Crippen molar-refractivity contribution in [1.29, 1.82) is 0 Å². The first-order valence-electron chi connectivity index (χ1n) is 8.95. The molecule has 0 radical (unpaired) electrons. The Bertz CT molecular complexity index is 602. The van der Waals surface area contributed by atoms with Crippen molar-refractivity contribution in [3.63, 3.8) is 0 Å². The van der Waals surface area contributed by atoms with E-state index in [1.807, 2.05) is 24.3 Å². The Morgan fingerprint density at radius 1 is 1.12 bits per heavy atom. The molecule has 4 N–H and O–H groups in total. The standard InChI is InChI=1S/C18H25BrN4O2/c19-13-7-5-12(6-8-13)15-11-16(23-22-15)18(25)20-10-9-17(24)21-14-3-1-2-4-14/h5-8,14-16,22-23H,1-4,9-11H2,(H,20,25)(H,21,24). The van der Waals surface area contributed by atoms with Gasteiger partial charge in [-0.1, -0.05) is 40.9 Å². The van der Waals surface area contributed by atoms with Crippen LogP contribution in [0.5, 0.6) is 0 Å². The van der Waals surface area contributed by atoms with Crippen LogP contribution in [0.2, 0.25) is 0 Å². The summed E-state index contributed by atoms with van der Waals surface area (Å²) in [5, 5.41) is 5.88. The minimum Gasteiger partial charge on any atom is -0.354 e. The number of nitrogens with one attached hydrogen (secondary N) is 4. The maximum atomic E-state index is 12.2. The summed E-state index contributed by atoms with van der Waals surface area (Å²) in [5.74, 6) is -0.0433. The molecule has 1 aliphatic carbocycles. The Morgan fingerprint density at radius 3 is 2.56 bits per heavy atom. The van der Waals surface area contributed by atoms with Crippen LogP contribution in [0.25, 0.3) is 0 Å². The lowest BCUT2D eigenvalue weighted by molar-refractivity contribution is -0.123. The quantitative estimate of drug-likeness (QED) is 0.579. The molecule has 0 bridgehead atoms. The van der Waals surface area contributed by atoms with Gasteiger partial charge in [-0.15, -0.1) is 0 Å². The molecule has 2 unspecified atom stereocenters. The monoisotopic (exact) mass is 408 g/mol. The molecular weight excluding hydrogens is 384 g/mol. The molecular formula is C18H25BrN4O2. The average molecular weight is 409 g/mol. The van der Waals surface area contributed by atoms with Gasteiger partial charge in [-0.05, 0) is 37.0 Å². The lowest BCUT2D eigenvalue weighted by atomic mass is 10.0. The molecule has 2 aliphatic rings. The molecule has 136 valence electrons. The van der Waals surface area contributed by atoms with E-state index in [1.54, 1.807) is 0 Å². The van der Waals surface area contributed by atoms with Crippen molar-refractivity contribution in [2.75, 3.05) is 6.54 Å². The second-order valence-electron chi connectivity index (χ2n) is 6.77. The van der Waals surface area contributed by atoms with Gasteiger partial charge in [0, 0.05) is 29.5 Å². The van der Waals surface area contributed by atoms with Gasteiger partial charge in [-0.3, -0.25) is 9.59 Å². The number of rotatable bonds is 6. The molecule has 0 aromatic heterocycles. The second-order valence-corrected chi connectivity index (χ2v) is 7.69. The zero-order chi connectivity index (χ0) is 17.6. The van der Waals surface area contributed by atoms with Gasteiger partial charge in [0.2, 0.25) is 11.8 Å². The third-order valence-corrected chi connectivity index (χ3v) is 5.39. The number of carbonyl (C=O) groups is 2. The Hall–Kier alpha value is -1.44. The van der Waals surface area contributed by atoms with Crippen LogP contribution < -0.4 is 21.5 Å². The van der Waals surface area contributed by atoms with Crippen molar-refractivity contribution < 1.29 is 9.59 Å². The molecule has 3 rings (SSSR count). The van der Waals surface area contributed by atoms with E-state index in [0.29, 0.717) is 25.4 Å². The Morgan fingerprint density at radius 2 is 1.84 bits per heavy atom. The van der Waals surface area contributed by atoms with E-state index in [1.165, 1.54) is 12.8 Å². The van der Waals surface area contributed by atoms with Crippen LogP contribution in [-0.4, -0.2) is 30.4 Å². The van der Waals surface area contributed by atoms with Gasteiger partial charge in [0.05, 0.1) is 0 Å². The van der Waals surface area contributed by atoms with Gasteiger partial charge in [0.25, 0.3) is 0 Å². The Kier molecular flexibility index (Phi) is 6.45. The third kappa shape index (κ3) is 5.26. The first-order valence-corrected chi connectivity index (χ1v) is 9.75. The molecule has 7 heteroatoms. The molecule has 1 heterocycles. The number of hydrazine groups is 1. The van der Waals surface area contributed by atoms with E-state index in [4.69, 9.17) is 0 Å². The highest BCUT2D eigenvalue weighted by molar-refractivity contribution is 9.10. The fourth-order valence-electron chi connectivity index (χ4n) is 3.43. The van der Waals surface area contributed by atoms with E-state index in [2.05, 4.69) is 37.4 Å². The zero-order valence-electron chi connectivity index (χ0n) is 14.2. The van der Waals surface area contributed by atoms with Gasteiger partial charge in [0.15, 0.2) is 0 Å². The predicted octanol–water partition coefficient (Wildman–Crippen LogP) is 1.92. The number of benzene rings is 1. The number of hydrogen-bond acceptors (Lipinski definition) is 4. The van der Waals surface area contributed by atoms with Crippen molar-refractivity contribution in [3.05, 3.63) is 34.3 Å². The summed E-state index contributed by atoms with van der Waals surface area (Å²) in [6, 6.07) is 8.21. The highest BCUT2D eigenvalue weighted by Crippen LogP contribution is 2.23. The summed E-state index contributed by atoms with van der Waals surface area (Å²) in [4.78, 5) is 24.1. The van der Waals surface area contributed by atoms with E-state index in [0.717, 1.165) is 22.9 Å². The molecule has 2 atom stereocenters. The van der Waals surface area contributed by atoms with E-state index in [-0.39, 0.29) is 23.9 Å². The number of amides is 2. The SMILES string of the molecule is O=C(CCNC(=O)C1CC(c2ccc(Br)cc2)NN1)NC1CCCC1. The smallest absolute Gasteiger partial charge is 0.238 e. The third-order valence-electron chi connectivity index (χ3n) is 4.86. The molecule has 0 spiro atoms. The number of hydrogen-bond donors (Lipinski definition) is 4. The lowest BCUT2D eigenvalue weighted by Crippen LogP contribution is -2.44. The van der Waals surface area contributed by atoms with Gasteiger partial charge < -0.3 is 10.6 Å². The van der Waals surface area contributed by atoms with Crippen molar-refractivity contribution >= 4 is 27.7 Å². The lowest BCUT2D eigenvalue weighted by Gasteiger charge is -2.13. The highest BCUT2D eigenvalue weighted by atomic mass is 79.9. The predicted molar refractivity (Wildman–Crippen MR) is 99.6 cm³/mol. The van der Waals surface area contributed by atoms with Crippen molar-refractivity contribution in [2.45, 2.75) is 56.7 Å². The van der Waals surface area contributed by atoms with Crippen molar-refractivity contribution in [3.8, 4) is 0 Å². The summed E-state index contributed by atoms with van der Waals surface area (Å²) in [6.07, 6.45) is 5.56. The molecule has 6 nitrogen and oxygen atoms in total. The molecule has 1 saturated heterocycles. The molecule has 2 amide bonds. The summed E-state index contributed by atoms with van der Waals surface area (Å²) in [5.41, 5.74) is 7.35.